The van der Waals surface area contributed by atoms with E-state index in [0.717, 1.165) is 29.8 Å². The van der Waals surface area contributed by atoms with Crippen molar-refractivity contribution in [3.63, 3.8) is 0 Å². The van der Waals surface area contributed by atoms with E-state index in [-0.39, 0.29) is 11.9 Å². The third-order valence-corrected chi connectivity index (χ3v) is 3.15. The molecule has 1 aromatic carbocycles. The molecule has 2 N–H and O–H groups in total. The number of nitrogens with zero attached hydrogens (tertiary/aromatic N) is 1. The van der Waals surface area contributed by atoms with Gasteiger partial charge in [-0.1, -0.05) is 17.7 Å². The first kappa shape index (κ1) is 11.1. The van der Waals surface area contributed by atoms with E-state index in [1.54, 1.807) is 0 Å². The van der Waals surface area contributed by atoms with E-state index in [9.17, 15) is 4.79 Å². The second-order valence-corrected chi connectivity index (χ2v) is 4.63. The minimum absolute atomic E-state index is 0.0510. The summed E-state index contributed by atoms with van der Waals surface area (Å²) >= 11 is 0. The molecule has 0 unspecified atom stereocenters. The van der Waals surface area contributed by atoms with Gasteiger partial charge in [0.2, 0.25) is 5.91 Å². The number of nitrogens with two attached hydrogens (primary N) is 1. The van der Waals surface area contributed by atoms with Crippen molar-refractivity contribution in [3.05, 3.63) is 28.8 Å². The Morgan fingerprint density at radius 2 is 1.81 bits per heavy atom. The number of benzene rings is 1. The van der Waals surface area contributed by atoms with Gasteiger partial charge in [0.05, 0.1) is 6.04 Å². The third kappa shape index (κ3) is 1.71. The summed E-state index contributed by atoms with van der Waals surface area (Å²) in [6.45, 7) is 6.91. The highest BCUT2D eigenvalue weighted by molar-refractivity contribution is 6.00. The zero-order valence-electron chi connectivity index (χ0n) is 10.1. The van der Waals surface area contributed by atoms with Crippen LogP contribution in [-0.4, -0.2) is 18.5 Å². The molecule has 86 valence electrons. The van der Waals surface area contributed by atoms with Crippen molar-refractivity contribution >= 4 is 11.6 Å². The number of carbonyl (C=O) groups excluding carboxylic acids is 1. The van der Waals surface area contributed by atoms with Crippen LogP contribution in [0.4, 0.5) is 5.69 Å². The molecule has 1 aromatic rings. The minimum Gasteiger partial charge on any atom is -0.320 e. The molecule has 16 heavy (non-hydrogen) atoms. The molecule has 0 bridgehead atoms. The largest absolute Gasteiger partial charge is 0.320 e. The Morgan fingerprint density at radius 1 is 1.25 bits per heavy atom. The predicted octanol–water partition coefficient (Wildman–Crippen LogP) is 1.68. The normalized spacial score (nSPS) is 20.6. The lowest BCUT2D eigenvalue weighted by Crippen LogP contribution is -2.34. The molecule has 1 saturated heterocycles. The van der Waals surface area contributed by atoms with Crippen LogP contribution in [0.1, 0.15) is 23.1 Å². The number of anilines is 1. The maximum absolute atomic E-state index is 11.9. The van der Waals surface area contributed by atoms with E-state index in [1.165, 1.54) is 5.56 Å². The highest BCUT2D eigenvalue weighted by atomic mass is 16.2. The van der Waals surface area contributed by atoms with E-state index in [2.05, 4.69) is 19.1 Å². The van der Waals surface area contributed by atoms with Crippen molar-refractivity contribution in [2.45, 2.75) is 33.2 Å². The van der Waals surface area contributed by atoms with Crippen LogP contribution < -0.4 is 10.6 Å². The Labute approximate surface area is 96.2 Å². The number of carbonyl (C=O) groups is 1. The molecule has 1 aliphatic heterocycles. The van der Waals surface area contributed by atoms with Gasteiger partial charge in [0.1, 0.15) is 0 Å². The lowest BCUT2D eigenvalue weighted by molar-refractivity contribution is -0.118. The first-order chi connectivity index (χ1) is 7.50. The zero-order valence-corrected chi connectivity index (χ0v) is 10.1. The van der Waals surface area contributed by atoms with Crippen molar-refractivity contribution < 1.29 is 4.79 Å². The summed E-state index contributed by atoms with van der Waals surface area (Å²) in [6.07, 6.45) is 0.756. The summed E-state index contributed by atoms with van der Waals surface area (Å²) < 4.78 is 0. The van der Waals surface area contributed by atoms with Crippen LogP contribution in [0.25, 0.3) is 0 Å². The fourth-order valence-corrected chi connectivity index (χ4v) is 2.52. The fraction of sp³-hybridized carbons (Fsp3) is 0.462. The number of amides is 1. The van der Waals surface area contributed by atoms with Crippen LogP contribution >= 0.6 is 0 Å². The van der Waals surface area contributed by atoms with E-state index < -0.39 is 0 Å². The summed E-state index contributed by atoms with van der Waals surface area (Å²) in [6, 6.07) is 3.90. The molecule has 3 nitrogen and oxygen atoms in total. The molecule has 1 amide bonds. The van der Waals surface area contributed by atoms with Crippen LogP contribution in [0.3, 0.4) is 0 Å². The van der Waals surface area contributed by atoms with E-state index in [0.29, 0.717) is 0 Å². The molecule has 1 atom stereocenters. The molecule has 1 fully saturated rings. The van der Waals surface area contributed by atoms with Gasteiger partial charge in [-0.2, -0.15) is 0 Å². The Bertz CT molecular complexity index is 417. The molecule has 0 saturated carbocycles. The molecule has 0 radical (unpaired) electrons. The average Bonchev–Trinajstić information content (AvgIpc) is 2.48. The highest BCUT2D eigenvalue weighted by Gasteiger charge is 2.31. The van der Waals surface area contributed by atoms with Gasteiger partial charge in [-0.05, 0) is 38.3 Å². The SMILES string of the molecule is Cc1cc(C)c(N2CC[C@@H](N)C2=O)c(C)c1. The fourth-order valence-electron chi connectivity index (χ4n) is 2.52. The van der Waals surface area contributed by atoms with Crippen molar-refractivity contribution in [2.24, 2.45) is 5.73 Å². The zero-order chi connectivity index (χ0) is 11.9. The number of hydrogen-bond acceptors (Lipinski definition) is 2. The second-order valence-electron chi connectivity index (χ2n) is 4.63. The average molecular weight is 218 g/mol. The highest BCUT2D eigenvalue weighted by Crippen LogP contribution is 2.29. The van der Waals surface area contributed by atoms with E-state index in [1.807, 2.05) is 18.7 Å². The van der Waals surface area contributed by atoms with Gasteiger partial charge in [0, 0.05) is 12.2 Å². The maximum Gasteiger partial charge on any atom is 0.243 e. The van der Waals surface area contributed by atoms with Crippen molar-refractivity contribution in [3.8, 4) is 0 Å². The molecule has 1 heterocycles. The first-order valence-electron chi connectivity index (χ1n) is 5.65. The van der Waals surface area contributed by atoms with Crippen LogP contribution in [0.5, 0.6) is 0 Å². The number of aryl methyl sites for hydroxylation is 3. The molecular formula is C13H18N2O. The quantitative estimate of drug-likeness (QED) is 0.779. The second kappa shape index (κ2) is 3.91. The standard InChI is InChI=1S/C13H18N2O/c1-8-6-9(2)12(10(3)7-8)15-5-4-11(14)13(15)16/h6-7,11H,4-5,14H2,1-3H3/t11-/m1/s1. The van der Waals surface area contributed by atoms with Crippen LogP contribution in [0, 0.1) is 20.8 Å². The van der Waals surface area contributed by atoms with Crippen LogP contribution in [0.2, 0.25) is 0 Å². The topological polar surface area (TPSA) is 46.3 Å². The number of rotatable bonds is 1. The van der Waals surface area contributed by atoms with E-state index >= 15 is 0 Å². The minimum atomic E-state index is -0.319. The molecule has 0 aromatic heterocycles. The Kier molecular flexibility index (Phi) is 2.72. The van der Waals surface area contributed by atoms with Gasteiger partial charge in [0.15, 0.2) is 0 Å². The maximum atomic E-state index is 11.9. The van der Waals surface area contributed by atoms with Crippen molar-refractivity contribution in [2.75, 3.05) is 11.4 Å². The van der Waals surface area contributed by atoms with E-state index in [4.69, 9.17) is 5.73 Å². The van der Waals surface area contributed by atoms with Crippen molar-refractivity contribution in [1.82, 2.24) is 0 Å². The molecular weight excluding hydrogens is 200 g/mol. The molecule has 0 aliphatic carbocycles. The number of hydrogen-bond donors (Lipinski definition) is 1. The summed E-state index contributed by atoms with van der Waals surface area (Å²) in [7, 11) is 0. The van der Waals surface area contributed by atoms with Crippen LogP contribution in [-0.2, 0) is 4.79 Å². The Balaban J connectivity index is 2.45. The van der Waals surface area contributed by atoms with Gasteiger partial charge in [-0.3, -0.25) is 4.79 Å². The Hall–Kier alpha value is -1.35. The van der Waals surface area contributed by atoms with Gasteiger partial charge >= 0.3 is 0 Å². The van der Waals surface area contributed by atoms with Gasteiger partial charge in [-0.15, -0.1) is 0 Å². The smallest absolute Gasteiger partial charge is 0.243 e. The molecule has 0 spiro atoms. The van der Waals surface area contributed by atoms with Gasteiger partial charge < -0.3 is 10.6 Å². The third-order valence-electron chi connectivity index (χ3n) is 3.15. The van der Waals surface area contributed by atoms with Crippen molar-refractivity contribution in [1.29, 1.82) is 0 Å². The molecule has 2 rings (SSSR count). The summed E-state index contributed by atoms with van der Waals surface area (Å²) in [5, 5.41) is 0. The monoisotopic (exact) mass is 218 g/mol. The van der Waals surface area contributed by atoms with Gasteiger partial charge in [0.25, 0.3) is 0 Å². The first-order valence-corrected chi connectivity index (χ1v) is 5.65. The lowest BCUT2D eigenvalue weighted by atomic mass is 10.0. The molecule has 1 aliphatic rings. The van der Waals surface area contributed by atoms with Crippen LogP contribution in [0.15, 0.2) is 12.1 Å². The predicted molar refractivity (Wildman–Crippen MR) is 65.6 cm³/mol. The Morgan fingerprint density at radius 3 is 2.25 bits per heavy atom. The molecule has 3 heteroatoms. The lowest BCUT2D eigenvalue weighted by Gasteiger charge is -2.21. The van der Waals surface area contributed by atoms with Gasteiger partial charge in [-0.25, -0.2) is 0 Å². The summed E-state index contributed by atoms with van der Waals surface area (Å²) in [5.74, 6) is 0.0510. The summed E-state index contributed by atoms with van der Waals surface area (Å²) in [5.41, 5.74) is 10.3. The summed E-state index contributed by atoms with van der Waals surface area (Å²) in [4.78, 5) is 13.7.